The fraction of sp³-hybridized carbons (Fsp3) is 0.682. The molecular formula is C22H30F2O3. The smallest absolute Gasteiger partial charge is 0.338 e. The molecule has 0 aliphatic heterocycles. The van der Waals surface area contributed by atoms with Crippen LogP contribution >= 0.6 is 0 Å². The van der Waals surface area contributed by atoms with Crippen LogP contribution < -0.4 is 0 Å². The maximum absolute atomic E-state index is 14.6. The van der Waals surface area contributed by atoms with Crippen molar-refractivity contribution < 1.29 is 23.0 Å². The second-order valence-electron chi connectivity index (χ2n) is 8.03. The lowest BCUT2D eigenvalue weighted by molar-refractivity contribution is -0.0162. The van der Waals surface area contributed by atoms with E-state index in [-0.39, 0.29) is 17.0 Å². The number of unbranched alkanes of at least 4 members (excludes halogenated alkanes) is 1. The number of carbonyl (C=O) groups is 1. The lowest BCUT2D eigenvalue weighted by Crippen LogP contribution is -2.34. The first-order valence-electron chi connectivity index (χ1n) is 10.2. The number of methoxy groups -OCH3 is 1. The van der Waals surface area contributed by atoms with Crippen molar-refractivity contribution in [3.05, 3.63) is 34.9 Å². The molecule has 0 saturated heterocycles. The molecule has 2 saturated carbocycles. The molecule has 0 spiro atoms. The SMILES string of the molecule is CCCCOC1CCC2CC(c3c(F)cc(C(=O)OC)cc3F)CCC2C1. The summed E-state index contributed by atoms with van der Waals surface area (Å²) < 4.78 is 39.7. The first-order valence-corrected chi connectivity index (χ1v) is 10.2. The molecule has 0 N–H and O–H groups in total. The molecule has 0 radical (unpaired) electrons. The van der Waals surface area contributed by atoms with Crippen molar-refractivity contribution in [1.29, 1.82) is 0 Å². The average molecular weight is 380 g/mol. The standard InChI is InChI=1S/C22H30F2O3/c1-3-4-9-27-18-8-7-14-10-16(6-5-15(14)11-18)21-19(23)12-17(13-20(21)24)22(25)26-2/h12-16,18H,3-11H2,1-2H3. The zero-order chi connectivity index (χ0) is 19.4. The van der Waals surface area contributed by atoms with E-state index in [0.717, 1.165) is 70.1 Å². The maximum atomic E-state index is 14.6. The van der Waals surface area contributed by atoms with E-state index in [0.29, 0.717) is 17.9 Å². The highest BCUT2D eigenvalue weighted by Gasteiger charge is 2.38. The van der Waals surface area contributed by atoms with Gasteiger partial charge in [-0.1, -0.05) is 13.3 Å². The Morgan fingerprint density at radius 3 is 2.41 bits per heavy atom. The number of halogens is 2. The molecule has 0 heterocycles. The van der Waals surface area contributed by atoms with Gasteiger partial charge in [0.2, 0.25) is 0 Å². The Balaban J connectivity index is 1.64. The molecular weight excluding hydrogens is 350 g/mol. The molecule has 27 heavy (non-hydrogen) atoms. The molecule has 0 amide bonds. The van der Waals surface area contributed by atoms with Crippen molar-refractivity contribution in [1.82, 2.24) is 0 Å². The second-order valence-corrected chi connectivity index (χ2v) is 8.03. The fourth-order valence-electron chi connectivity index (χ4n) is 4.86. The van der Waals surface area contributed by atoms with Gasteiger partial charge in [-0.25, -0.2) is 13.6 Å². The van der Waals surface area contributed by atoms with Gasteiger partial charge in [0.15, 0.2) is 0 Å². The van der Waals surface area contributed by atoms with Gasteiger partial charge in [-0.3, -0.25) is 0 Å². The van der Waals surface area contributed by atoms with Crippen molar-refractivity contribution in [2.45, 2.75) is 70.3 Å². The van der Waals surface area contributed by atoms with E-state index in [1.807, 2.05) is 0 Å². The number of hydrogen-bond acceptors (Lipinski definition) is 3. The van der Waals surface area contributed by atoms with Crippen LogP contribution in [0, 0.1) is 23.5 Å². The Kier molecular flexibility index (Phi) is 6.85. The van der Waals surface area contributed by atoms with Crippen molar-refractivity contribution in [2.75, 3.05) is 13.7 Å². The van der Waals surface area contributed by atoms with Gasteiger partial charge in [0.05, 0.1) is 18.8 Å². The minimum absolute atomic E-state index is 0.0744. The summed E-state index contributed by atoms with van der Waals surface area (Å²) in [5, 5.41) is 0. The van der Waals surface area contributed by atoms with E-state index in [1.54, 1.807) is 0 Å². The van der Waals surface area contributed by atoms with Gasteiger partial charge in [-0.2, -0.15) is 0 Å². The lowest BCUT2D eigenvalue weighted by Gasteiger charge is -2.42. The quantitative estimate of drug-likeness (QED) is 0.475. The first-order chi connectivity index (χ1) is 13.0. The number of rotatable bonds is 6. The molecule has 0 bridgehead atoms. The summed E-state index contributed by atoms with van der Waals surface area (Å²) in [6.07, 6.45) is 8.38. The Morgan fingerprint density at radius 2 is 1.74 bits per heavy atom. The third-order valence-corrected chi connectivity index (χ3v) is 6.32. The van der Waals surface area contributed by atoms with Gasteiger partial charge in [0.1, 0.15) is 11.6 Å². The summed E-state index contributed by atoms with van der Waals surface area (Å²) >= 11 is 0. The van der Waals surface area contributed by atoms with Gasteiger partial charge >= 0.3 is 5.97 Å². The van der Waals surface area contributed by atoms with E-state index in [2.05, 4.69) is 11.7 Å². The average Bonchev–Trinajstić information content (AvgIpc) is 2.67. The van der Waals surface area contributed by atoms with Crippen molar-refractivity contribution in [3.8, 4) is 0 Å². The van der Waals surface area contributed by atoms with Crippen LogP contribution in [0.25, 0.3) is 0 Å². The molecule has 1 aromatic carbocycles. The summed E-state index contributed by atoms with van der Waals surface area (Å²) in [4.78, 5) is 11.6. The second kappa shape index (κ2) is 9.13. The third kappa shape index (κ3) is 4.68. The van der Waals surface area contributed by atoms with Crippen molar-refractivity contribution in [3.63, 3.8) is 0 Å². The fourth-order valence-corrected chi connectivity index (χ4v) is 4.86. The highest BCUT2D eigenvalue weighted by molar-refractivity contribution is 5.89. The Hall–Kier alpha value is -1.49. The Labute approximate surface area is 160 Å². The lowest BCUT2D eigenvalue weighted by atomic mass is 9.65. The topological polar surface area (TPSA) is 35.5 Å². The maximum Gasteiger partial charge on any atom is 0.338 e. The van der Waals surface area contributed by atoms with Crippen LogP contribution in [-0.4, -0.2) is 25.8 Å². The van der Waals surface area contributed by atoms with E-state index in [1.165, 1.54) is 7.11 Å². The largest absolute Gasteiger partial charge is 0.465 e. The summed E-state index contributed by atoms with van der Waals surface area (Å²) in [7, 11) is 1.20. The molecule has 3 rings (SSSR count). The molecule has 1 aromatic rings. The van der Waals surface area contributed by atoms with Crippen LogP contribution in [0.2, 0.25) is 0 Å². The first kappa shape index (κ1) is 20.2. The zero-order valence-corrected chi connectivity index (χ0v) is 16.3. The Bertz CT molecular complexity index is 638. The summed E-state index contributed by atoms with van der Waals surface area (Å²) in [6.45, 7) is 3.00. The summed E-state index contributed by atoms with van der Waals surface area (Å²) in [6, 6.07) is 2.21. The number of benzene rings is 1. The predicted octanol–water partition coefficient (Wildman–Crippen LogP) is 5.62. The minimum Gasteiger partial charge on any atom is -0.465 e. The van der Waals surface area contributed by atoms with E-state index < -0.39 is 17.6 Å². The van der Waals surface area contributed by atoms with Crippen LogP contribution in [0.3, 0.4) is 0 Å². The number of ether oxygens (including phenoxy) is 2. The number of esters is 1. The van der Waals surface area contributed by atoms with Gasteiger partial charge in [0.25, 0.3) is 0 Å². The highest BCUT2D eigenvalue weighted by atomic mass is 19.1. The Morgan fingerprint density at radius 1 is 1.07 bits per heavy atom. The van der Waals surface area contributed by atoms with Gasteiger partial charge < -0.3 is 9.47 Å². The predicted molar refractivity (Wildman–Crippen MR) is 99.8 cm³/mol. The number of fused-ring (bicyclic) bond motifs is 1. The van der Waals surface area contributed by atoms with Gasteiger partial charge in [-0.15, -0.1) is 0 Å². The monoisotopic (exact) mass is 380 g/mol. The van der Waals surface area contributed by atoms with Crippen LogP contribution in [0.5, 0.6) is 0 Å². The van der Waals surface area contributed by atoms with Crippen molar-refractivity contribution in [2.24, 2.45) is 11.8 Å². The zero-order valence-electron chi connectivity index (χ0n) is 16.3. The van der Waals surface area contributed by atoms with Crippen LogP contribution in [-0.2, 0) is 9.47 Å². The summed E-state index contributed by atoms with van der Waals surface area (Å²) in [5.41, 5.74) is 0.0668. The molecule has 2 aliphatic rings. The minimum atomic E-state index is -0.718. The van der Waals surface area contributed by atoms with Crippen molar-refractivity contribution >= 4 is 5.97 Å². The number of hydrogen-bond donors (Lipinski definition) is 0. The van der Waals surface area contributed by atoms with Gasteiger partial charge in [-0.05, 0) is 74.8 Å². The molecule has 4 atom stereocenters. The molecule has 5 heteroatoms. The molecule has 0 aromatic heterocycles. The van der Waals surface area contributed by atoms with Crippen LogP contribution in [0.4, 0.5) is 8.78 Å². The number of carbonyl (C=O) groups excluding carboxylic acids is 1. The molecule has 150 valence electrons. The molecule has 3 nitrogen and oxygen atoms in total. The highest BCUT2D eigenvalue weighted by Crippen LogP contribution is 2.47. The summed E-state index contributed by atoms with van der Waals surface area (Å²) in [5.74, 6) is -0.984. The van der Waals surface area contributed by atoms with E-state index in [4.69, 9.17) is 4.74 Å². The molecule has 4 unspecified atom stereocenters. The molecule has 2 fully saturated rings. The van der Waals surface area contributed by atoms with Gasteiger partial charge in [0, 0.05) is 12.2 Å². The molecule has 2 aliphatic carbocycles. The van der Waals surface area contributed by atoms with Crippen LogP contribution in [0.15, 0.2) is 12.1 Å². The third-order valence-electron chi connectivity index (χ3n) is 6.32. The normalized spacial score (nSPS) is 27.9. The van der Waals surface area contributed by atoms with Crippen LogP contribution in [0.1, 0.15) is 80.1 Å². The van der Waals surface area contributed by atoms with E-state index >= 15 is 0 Å². The van der Waals surface area contributed by atoms with E-state index in [9.17, 15) is 13.6 Å².